The monoisotopic (exact) mass is 489 g/mol. The lowest BCUT2D eigenvalue weighted by Crippen LogP contribution is -2.47. The zero-order valence-electron chi connectivity index (χ0n) is 18.6. The second-order valence-corrected chi connectivity index (χ2v) is 7.66. The standard InChI is InChI=1S/C24H22F3N3O5/c1-3-19(30-12-28-17-7-5-4-6-14(17)24(30)34)23(33)29-18(10-13(2)31)20(32)11-35-22-16(26)9-8-15(25)21(22)27/h4-9,12,18-19,31H,2-3,10-11H2,1H3,(H,29,33)/t18-,19-/m0/s1. The van der Waals surface area contributed by atoms with Crippen LogP contribution in [-0.2, 0) is 9.59 Å². The molecule has 0 radical (unpaired) electrons. The lowest BCUT2D eigenvalue weighted by Gasteiger charge is -2.22. The van der Waals surface area contributed by atoms with Crippen LogP contribution in [-0.4, -0.2) is 39.0 Å². The summed E-state index contributed by atoms with van der Waals surface area (Å²) in [5.74, 6) is -7.37. The summed E-state index contributed by atoms with van der Waals surface area (Å²) in [6.07, 6.45) is 0.950. The van der Waals surface area contributed by atoms with Crippen LogP contribution in [0.5, 0.6) is 5.75 Å². The minimum absolute atomic E-state index is 0.156. The quantitative estimate of drug-likeness (QED) is 0.334. The summed E-state index contributed by atoms with van der Waals surface area (Å²) >= 11 is 0. The van der Waals surface area contributed by atoms with E-state index in [0.717, 1.165) is 4.57 Å². The van der Waals surface area contributed by atoms with Crippen molar-refractivity contribution in [3.8, 4) is 5.75 Å². The molecule has 8 nitrogen and oxygen atoms in total. The number of halogens is 3. The van der Waals surface area contributed by atoms with Crippen molar-refractivity contribution in [2.75, 3.05) is 6.61 Å². The molecule has 0 fully saturated rings. The number of hydrogen-bond acceptors (Lipinski definition) is 6. The summed E-state index contributed by atoms with van der Waals surface area (Å²) in [6.45, 7) is 4.00. The van der Waals surface area contributed by atoms with Gasteiger partial charge in [0.05, 0.1) is 29.0 Å². The predicted octanol–water partition coefficient (Wildman–Crippen LogP) is 3.36. The zero-order chi connectivity index (χ0) is 25.7. The number of aliphatic hydroxyl groups is 1. The second kappa shape index (κ2) is 10.9. The van der Waals surface area contributed by atoms with E-state index in [2.05, 4.69) is 16.9 Å². The molecule has 0 unspecified atom stereocenters. The van der Waals surface area contributed by atoms with Crippen molar-refractivity contribution in [3.05, 3.63) is 82.9 Å². The Morgan fingerprint density at radius 1 is 1.17 bits per heavy atom. The van der Waals surface area contributed by atoms with Gasteiger partial charge in [-0.15, -0.1) is 0 Å². The fourth-order valence-corrected chi connectivity index (χ4v) is 3.45. The average Bonchev–Trinajstić information content (AvgIpc) is 2.82. The Hall–Kier alpha value is -4.15. The average molecular weight is 489 g/mol. The van der Waals surface area contributed by atoms with Crippen LogP contribution in [0.4, 0.5) is 13.2 Å². The van der Waals surface area contributed by atoms with Crippen LogP contribution in [0.1, 0.15) is 25.8 Å². The highest BCUT2D eigenvalue weighted by atomic mass is 19.2. The summed E-state index contributed by atoms with van der Waals surface area (Å²) in [5, 5.41) is 12.3. The molecule has 1 aromatic heterocycles. The van der Waals surface area contributed by atoms with E-state index in [-0.39, 0.29) is 6.42 Å². The molecule has 35 heavy (non-hydrogen) atoms. The predicted molar refractivity (Wildman–Crippen MR) is 120 cm³/mol. The van der Waals surface area contributed by atoms with E-state index in [9.17, 15) is 32.7 Å². The van der Waals surface area contributed by atoms with Gasteiger partial charge in [-0.2, -0.15) is 4.39 Å². The maximum absolute atomic E-state index is 13.8. The molecule has 2 atom stereocenters. The van der Waals surface area contributed by atoms with Crippen LogP contribution in [0.2, 0.25) is 0 Å². The molecule has 3 aromatic rings. The van der Waals surface area contributed by atoms with E-state index in [1.807, 2.05) is 0 Å². The molecule has 0 aliphatic heterocycles. The SMILES string of the molecule is C=C(O)C[C@H](NC(=O)[C@H](CC)n1cnc2ccccc2c1=O)C(=O)COc1c(F)ccc(F)c1F. The number of Topliss-reactive ketones (excluding diaryl/α,β-unsaturated/α-hetero) is 1. The summed E-state index contributed by atoms with van der Waals surface area (Å²) in [7, 11) is 0. The number of fused-ring (bicyclic) bond motifs is 1. The van der Waals surface area contributed by atoms with Gasteiger partial charge >= 0.3 is 0 Å². The third-order valence-corrected chi connectivity index (χ3v) is 5.22. The van der Waals surface area contributed by atoms with Crippen molar-refractivity contribution in [2.24, 2.45) is 0 Å². The Balaban J connectivity index is 1.81. The van der Waals surface area contributed by atoms with Gasteiger partial charge in [0.2, 0.25) is 11.7 Å². The molecule has 1 amide bonds. The number of aliphatic hydroxyl groups excluding tert-OH is 1. The number of rotatable bonds is 10. The van der Waals surface area contributed by atoms with Gasteiger partial charge in [-0.1, -0.05) is 25.6 Å². The highest BCUT2D eigenvalue weighted by Crippen LogP contribution is 2.24. The van der Waals surface area contributed by atoms with Gasteiger partial charge in [0.25, 0.3) is 5.56 Å². The molecule has 3 rings (SSSR count). The number of aromatic nitrogens is 2. The Morgan fingerprint density at radius 2 is 1.86 bits per heavy atom. The molecule has 0 bridgehead atoms. The molecule has 2 N–H and O–H groups in total. The normalized spacial score (nSPS) is 12.7. The van der Waals surface area contributed by atoms with Gasteiger partial charge in [-0.25, -0.2) is 13.8 Å². The van der Waals surface area contributed by atoms with E-state index in [1.54, 1.807) is 31.2 Å². The summed E-state index contributed by atoms with van der Waals surface area (Å²) in [4.78, 5) is 42.8. The van der Waals surface area contributed by atoms with E-state index in [1.165, 1.54) is 6.33 Å². The van der Waals surface area contributed by atoms with Crippen LogP contribution in [0, 0.1) is 17.5 Å². The first-order valence-electron chi connectivity index (χ1n) is 10.6. The van der Waals surface area contributed by atoms with Gasteiger partial charge < -0.3 is 15.2 Å². The van der Waals surface area contributed by atoms with Crippen molar-refractivity contribution in [1.82, 2.24) is 14.9 Å². The molecule has 0 saturated heterocycles. The third kappa shape index (κ3) is 5.68. The van der Waals surface area contributed by atoms with E-state index < -0.39 is 71.3 Å². The van der Waals surface area contributed by atoms with Crippen molar-refractivity contribution in [3.63, 3.8) is 0 Å². The van der Waals surface area contributed by atoms with Crippen LogP contribution in [0.25, 0.3) is 10.9 Å². The zero-order valence-corrected chi connectivity index (χ0v) is 18.6. The molecule has 0 aliphatic carbocycles. The Morgan fingerprint density at radius 3 is 2.54 bits per heavy atom. The van der Waals surface area contributed by atoms with Crippen LogP contribution >= 0.6 is 0 Å². The van der Waals surface area contributed by atoms with Crippen molar-refractivity contribution in [1.29, 1.82) is 0 Å². The van der Waals surface area contributed by atoms with Crippen LogP contribution in [0.3, 0.4) is 0 Å². The highest BCUT2D eigenvalue weighted by molar-refractivity contribution is 5.91. The number of carbonyl (C=O) groups excluding carboxylic acids is 2. The third-order valence-electron chi connectivity index (χ3n) is 5.22. The minimum Gasteiger partial charge on any atom is -0.513 e. The van der Waals surface area contributed by atoms with Crippen LogP contribution < -0.4 is 15.6 Å². The van der Waals surface area contributed by atoms with E-state index in [0.29, 0.717) is 23.0 Å². The van der Waals surface area contributed by atoms with Crippen molar-refractivity contribution in [2.45, 2.75) is 31.8 Å². The molecule has 2 aromatic carbocycles. The highest BCUT2D eigenvalue weighted by Gasteiger charge is 2.28. The summed E-state index contributed by atoms with van der Waals surface area (Å²) < 4.78 is 46.9. The molecule has 11 heteroatoms. The van der Waals surface area contributed by atoms with Gasteiger partial charge in [-0.05, 0) is 30.7 Å². The lowest BCUT2D eigenvalue weighted by molar-refractivity contribution is -0.130. The first-order valence-corrected chi connectivity index (χ1v) is 10.6. The van der Waals surface area contributed by atoms with Gasteiger partial charge in [-0.3, -0.25) is 19.0 Å². The van der Waals surface area contributed by atoms with Gasteiger partial charge in [0, 0.05) is 6.42 Å². The number of benzene rings is 2. The molecule has 184 valence electrons. The Labute approximate surface area is 197 Å². The maximum atomic E-state index is 13.8. The fourth-order valence-electron chi connectivity index (χ4n) is 3.45. The smallest absolute Gasteiger partial charge is 0.261 e. The molecule has 1 heterocycles. The molecular formula is C24H22F3N3O5. The molecule has 0 saturated carbocycles. The van der Waals surface area contributed by atoms with E-state index >= 15 is 0 Å². The number of nitrogens with one attached hydrogen (secondary N) is 1. The fraction of sp³-hybridized carbons (Fsp3) is 0.250. The first kappa shape index (κ1) is 25.5. The largest absolute Gasteiger partial charge is 0.513 e. The lowest BCUT2D eigenvalue weighted by atomic mass is 10.1. The number of nitrogens with zero attached hydrogens (tertiary/aromatic N) is 2. The second-order valence-electron chi connectivity index (χ2n) is 7.66. The number of ether oxygens (including phenoxy) is 1. The maximum Gasteiger partial charge on any atom is 0.261 e. The minimum atomic E-state index is -1.61. The van der Waals surface area contributed by atoms with Gasteiger partial charge in [0.15, 0.2) is 23.2 Å². The van der Waals surface area contributed by atoms with Crippen LogP contribution in [0.15, 0.2) is 59.9 Å². The summed E-state index contributed by atoms with van der Waals surface area (Å²) in [5.41, 5.74) is -0.0185. The first-order chi connectivity index (χ1) is 16.6. The number of para-hydroxylation sites is 1. The van der Waals surface area contributed by atoms with Crippen molar-refractivity contribution >= 4 is 22.6 Å². The number of carbonyl (C=O) groups is 2. The van der Waals surface area contributed by atoms with Crippen molar-refractivity contribution < 1.29 is 32.6 Å². The number of amides is 1. The summed E-state index contributed by atoms with van der Waals surface area (Å²) in [6, 6.07) is 5.32. The molecule has 0 aliphatic rings. The molecular weight excluding hydrogens is 467 g/mol. The Bertz CT molecular complexity index is 1340. The number of ketones is 1. The molecule has 0 spiro atoms. The van der Waals surface area contributed by atoms with Gasteiger partial charge in [0.1, 0.15) is 12.6 Å². The van der Waals surface area contributed by atoms with E-state index in [4.69, 9.17) is 4.74 Å². The Kier molecular flexibility index (Phi) is 7.90. The topological polar surface area (TPSA) is 111 Å². The number of hydrogen-bond donors (Lipinski definition) is 2.